The van der Waals surface area contributed by atoms with Crippen LogP contribution in [0.5, 0.6) is 0 Å². The highest BCUT2D eigenvalue weighted by Crippen LogP contribution is 2.33. The number of nitrogens with one attached hydrogen (secondary N) is 1. The van der Waals surface area contributed by atoms with Crippen molar-refractivity contribution < 1.29 is 17.6 Å². The molecule has 0 fully saturated rings. The first kappa shape index (κ1) is 15.2. The highest BCUT2D eigenvalue weighted by Gasteiger charge is 2.20. The Hall–Kier alpha value is -1.24. The number of hydrogen-bond donors (Lipinski definition) is 1. The summed E-state index contributed by atoms with van der Waals surface area (Å²) in [4.78, 5) is 3.62. The molecule has 1 N–H and O–H groups in total. The second-order valence-electron chi connectivity index (χ2n) is 3.56. The molecule has 9 heteroatoms. The van der Waals surface area contributed by atoms with E-state index in [0.717, 1.165) is 6.07 Å². The molecule has 1 aromatic carbocycles. The molecule has 0 unspecified atom stereocenters. The van der Waals surface area contributed by atoms with Gasteiger partial charge in [0, 0.05) is 6.07 Å². The van der Waals surface area contributed by atoms with Crippen LogP contribution >= 0.6 is 34.8 Å². The fourth-order valence-electron chi connectivity index (χ4n) is 1.33. The van der Waals surface area contributed by atoms with Gasteiger partial charge in [-0.1, -0.05) is 34.8 Å². The SMILES string of the molecule is Fc1cc(F)c(F)c(Nc2nc(Cl)c(Cl)cc2Cl)c1F. The summed E-state index contributed by atoms with van der Waals surface area (Å²) in [5.74, 6) is -6.67. The van der Waals surface area contributed by atoms with E-state index in [-0.39, 0.29) is 27.1 Å². The third kappa shape index (κ3) is 2.77. The van der Waals surface area contributed by atoms with Crippen LogP contribution in [0.1, 0.15) is 0 Å². The van der Waals surface area contributed by atoms with E-state index in [2.05, 4.69) is 4.98 Å². The number of aromatic nitrogens is 1. The first-order valence-corrected chi connectivity index (χ1v) is 6.06. The minimum absolute atomic E-state index is 0.00795. The standard InChI is InChI=1S/C11H3Cl3F4N2/c12-3-1-4(13)11(20-10(3)14)19-9-7(17)5(15)2-6(16)8(9)18/h1-2H,(H,19,20). The molecule has 0 spiro atoms. The van der Waals surface area contributed by atoms with E-state index >= 15 is 0 Å². The number of anilines is 2. The molecule has 0 saturated carbocycles. The van der Waals surface area contributed by atoms with Crippen molar-refractivity contribution in [1.82, 2.24) is 4.98 Å². The zero-order valence-electron chi connectivity index (χ0n) is 9.25. The molecule has 2 rings (SSSR count). The van der Waals surface area contributed by atoms with Gasteiger partial charge >= 0.3 is 0 Å². The first-order valence-electron chi connectivity index (χ1n) is 4.92. The normalized spacial score (nSPS) is 10.8. The van der Waals surface area contributed by atoms with Crippen molar-refractivity contribution in [3.63, 3.8) is 0 Å². The van der Waals surface area contributed by atoms with Crippen LogP contribution in [0.2, 0.25) is 15.2 Å². The molecule has 20 heavy (non-hydrogen) atoms. The van der Waals surface area contributed by atoms with Crippen molar-refractivity contribution >= 4 is 46.3 Å². The van der Waals surface area contributed by atoms with Gasteiger partial charge in [-0.05, 0) is 6.07 Å². The maximum atomic E-state index is 13.5. The van der Waals surface area contributed by atoms with Crippen LogP contribution in [0.4, 0.5) is 29.1 Å². The lowest BCUT2D eigenvalue weighted by Gasteiger charge is -2.11. The Bertz CT molecular complexity index is 668. The van der Waals surface area contributed by atoms with Crippen molar-refractivity contribution in [3.8, 4) is 0 Å². The van der Waals surface area contributed by atoms with Crippen molar-refractivity contribution in [1.29, 1.82) is 0 Å². The molecule has 0 amide bonds. The molecule has 0 saturated heterocycles. The van der Waals surface area contributed by atoms with E-state index in [1.165, 1.54) is 0 Å². The molecule has 0 aliphatic rings. The van der Waals surface area contributed by atoms with Crippen LogP contribution in [0.25, 0.3) is 0 Å². The Labute approximate surface area is 125 Å². The molecule has 106 valence electrons. The van der Waals surface area contributed by atoms with Gasteiger partial charge in [-0.15, -0.1) is 0 Å². The first-order chi connectivity index (χ1) is 9.31. The van der Waals surface area contributed by atoms with Gasteiger partial charge in [-0.3, -0.25) is 0 Å². The van der Waals surface area contributed by atoms with Gasteiger partial charge in [0.15, 0.2) is 29.1 Å². The highest BCUT2D eigenvalue weighted by atomic mass is 35.5. The molecule has 0 aliphatic heterocycles. The van der Waals surface area contributed by atoms with Crippen molar-refractivity contribution in [2.75, 3.05) is 5.32 Å². The van der Waals surface area contributed by atoms with Gasteiger partial charge in [0.1, 0.15) is 10.8 Å². The molecule has 0 bridgehead atoms. The predicted molar refractivity (Wildman–Crippen MR) is 68.8 cm³/mol. The van der Waals surface area contributed by atoms with Gasteiger partial charge < -0.3 is 5.32 Å². The van der Waals surface area contributed by atoms with Crippen molar-refractivity contribution in [2.45, 2.75) is 0 Å². The number of nitrogens with zero attached hydrogens (tertiary/aromatic N) is 1. The third-order valence-corrected chi connectivity index (χ3v) is 3.20. The van der Waals surface area contributed by atoms with Crippen molar-refractivity contribution in [3.05, 3.63) is 50.6 Å². The maximum Gasteiger partial charge on any atom is 0.185 e. The monoisotopic (exact) mass is 344 g/mol. The summed E-state index contributed by atoms with van der Waals surface area (Å²) in [5, 5.41) is 1.72. The molecule has 1 heterocycles. The van der Waals surface area contributed by atoms with E-state index < -0.39 is 29.0 Å². The zero-order valence-corrected chi connectivity index (χ0v) is 11.5. The Morgan fingerprint density at radius 2 is 1.40 bits per heavy atom. The third-order valence-electron chi connectivity index (χ3n) is 2.24. The van der Waals surface area contributed by atoms with Gasteiger partial charge in [-0.2, -0.15) is 0 Å². The maximum absolute atomic E-state index is 13.5. The Kier molecular flexibility index (Phi) is 4.27. The van der Waals surface area contributed by atoms with Crippen LogP contribution in [0.3, 0.4) is 0 Å². The van der Waals surface area contributed by atoms with E-state index in [4.69, 9.17) is 34.8 Å². The Morgan fingerprint density at radius 3 is 1.95 bits per heavy atom. The molecule has 2 nitrogen and oxygen atoms in total. The smallest absolute Gasteiger partial charge is 0.185 e. The van der Waals surface area contributed by atoms with Crippen LogP contribution in [-0.4, -0.2) is 4.98 Å². The van der Waals surface area contributed by atoms with Gasteiger partial charge in [0.05, 0.1) is 10.0 Å². The van der Waals surface area contributed by atoms with Crippen LogP contribution in [0, 0.1) is 23.3 Å². The summed E-state index contributed by atoms with van der Waals surface area (Å²) in [7, 11) is 0. The van der Waals surface area contributed by atoms with Crippen LogP contribution in [0.15, 0.2) is 12.1 Å². The van der Waals surface area contributed by atoms with Gasteiger partial charge in [0.2, 0.25) is 0 Å². The second kappa shape index (κ2) is 5.63. The minimum atomic E-state index is -1.62. The largest absolute Gasteiger partial charge is 0.334 e. The Morgan fingerprint density at radius 1 is 0.850 bits per heavy atom. The number of hydrogen-bond acceptors (Lipinski definition) is 2. The summed E-state index contributed by atoms with van der Waals surface area (Å²) in [5.41, 5.74) is -1.07. The average molecular weight is 346 g/mol. The van der Waals surface area contributed by atoms with Crippen molar-refractivity contribution in [2.24, 2.45) is 0 Å². The van der Waals surface area contributed by atoms with Crippen LogP contribution in [-0.2, 0) is 0 Å². The molecule has 0 radical (unpaired) electrons. The molecule has 2 aromatic rings. The molecule has 0 atom stereocenters. The molecule has 1 aromatic heterocycles. The quantitative estimate of drug-likeness (QED) is 0.451. The highest BCUT2D eigenvalue weighted by molar-refractivity contribution is 6.43. The lowest BCUT2D eigenvalue weighted by atomic mass is 10.2. The number of halogens is 7. The summed E-state index contributed by atoms with van der Waals surface area (Å²) < 4.78 is 53.0. The summed E-state index contributed by atoms with van der Waals surface area (Å²) in [6.45, 7) is 0. The minimum Gasteiger partial charge on any atom is -0.334 e. The van der Waals surface area contributed by atoms with E-state index in [9.17, 15) is 17.6 Å². The molecular formula is C11H3Cl3F4N2. The zero-order chi connectivity index (χ0) is 15.0. The lowest BCUT2D eigenvalue weighted by molar-refractivity contribution is 0.459. The van der Waals surface area contributed by atoms with Gasteiger partial charge in [-0.25, -0.2) is 22.5 Å². The van der Waals surface area contributed by atoms with E-state index in [0.29, 0.717) is 0 Å². The summed E-state index contributed by atoms with van der Waals surface area (Å²) in [6, 6.07) is 1.24. The summed E-state index contributed by atoms with van der Waals surface area (Å²) in [6.07, 6.45) is 0. The van der Waals surface area contributed by atoms with Gasteiger partial charge in [0.25, 0.3) is 0 Å². The van der Waals surface area contributed by atoms with E-state index in [1.807, 2.05) is 5.32 Å². The summed E-state index contributed by atoms with van der Waals surface area (Å²) >= 11 is 17.0. The molecule has 0 aliphatic carbocycles. The number of pyridine rings is 1. The number of rotatable bonds is 2. The lowest BCUT2D eigenvalue weighted by Crippen LogP contribution is -2.04. The number of benzene rings is 1. The predicted octanol–water partition coefficient (Wildman–Crippen LogP) is 5.34. The topological polar surface area (TPSA) is 24.9 Å². The van der Waals surface area contributed by atoms with E-state index in [1.54, 1.807) is 0 Å². The molecular weight excluding hydrogens is 342 g/mol. The Balaban J connectivity index is 2.53. The van der Waals surface area contributed by atoms with Crippen LogP contribution < -0.4 is 5.32 Å². The second-order valence-corrected chi connectivity index (χ2v) is 4.73. The fraction of sp³-hybridized carbons (Fsp3) is 0. The average Bonchev–Trinajstić information content (AvgIpc) is 2.38. The fourth-order valence-corrected chi connectivity index (χ4v) is 1.88.